The summed E-state index contributed by atoms with van der Waals surface area (Å²) in [5.41, 5.74) is 3.61. The third kappa shape index (κ3) is 3.58. The van der Waals surface area contributed by atoms with Crippen LogP contribution in [-0.2, 0) is 9.63 Å². The molecule has 1 N–H and O–H groups in total. The lowest BCUT2D eigenvalue weighted by atomic mass is 10.2. The number of hydrogen-bond donors (Lipinski definition) is 1. The minimum atomic E-state index is -0.361. The lowest BCUT2D eigenvalue weighted by Gasteiger charge is -2.11. The molecule has 0 heterocycles. The predicted octanol–water partition coefficient (Wildman–Crippen LogP) is 2.40. The van der Waals surface area contributed by atoms with Crippen LogP contribution in [0.5, 0.6) is 0 Å². The second-order valence-electron chi connectivity index (χ2n) is 3.05. The normalized spacial score (nSPS) is 12.1. The first-order chi connectivity index (χ1) is 6.86. The van der Waals surface area contributed by atoms with Gasteiger partial charge in [-0.1, -0.05) is 31.5 Å². The van der Waals surface area contributed by atoms with Crippen molar-refractivity contribution >= 4 is 12.0 Å². The van der Waals surface area contributed by atoms with E-state index in [1.807, 2.05) is 37.3 Å². The van der Waals surface area contributed by atoms with Gasteiger partial charge in [0.1, 0.15) is 6.10 Å². The molecule has 1 rings (SSSR count). The van der Waals surface area contributed by atoms with Gasteiger partial charge >= 0.3 is 0 Å². The number of rotatable bonds is 6. The van der Waals surface area contributed by atoms with Crippen LogP contribution < -0.4 is 5.48 Å². The van der Waals surface area contributed by atoms with Crippen LogP contribution in [0.4, 0.5) is 5.69 Å². The Morgan fingerprint density at radius 1 is 1.43 bits per heavy atom. The molecule has 0 aliphatic heterocycles. The zero-order valence-corrected chi connectivity index (χ0v) is 8.27. The second-order valence-corrected chi connectivity index (χ2v) is 3.05. The molecule has 0 fully saturated rings. The summed E-state index contributed by atoms with van der Waals surface area (Å²) >= 11 is 0. The molecule has 1 aromatic rings. The Bertz CT molecular complexity index is 261. The van der Waals surface area contributed by atoms with Crippen LogP contribution in [0, 0.1) is 0 Å². The summed E-state index contributed by atoms with van der Waals surface area (Å²) in [6, 6.07) is 9.50. The smallest absolute Gasteiger partial charge is 0.151 e. The summed E-state index contributed by atoms with van der Waals surface area (Å²) in [5, 5.41) is 0. The van der Waals surface area contributed by atoms with E-state index in [9.17, 15) is 4.79 Å². The van der Waals surface area contributed by atoms with Crippen molar-refractivity contribution in [1.29, 1.82) is 0 Å². The van der Waals surface area contributed by atoms with Crippen molar-refractivity contribution in [3.63, 3.8) is 0 Å². The number of benzene rings is 1. The van der Waals surface area contributed by atoms with Gasteiger partial charge in [0.25, 0.3) is 0 Å². The summed E-state index contributed by atoms with van der Waals surface area (Å²) in [6.07, 6.45) is 2.13. The SMILES string of the molecule is CCC[C@@H](C=O)ONc1ccccc1. The molecule has 0 unspecified atom stereocenters. The van der Waals surface area contributed by atoms with Crippen molar-refractivity contribution in [3.8, 4) is 0 Å². The highest BCUT2D eigenvalue weighted by Gasteiger charge is 2.05. The average Bonchev–Trinajstić information content (AvgIpc) is 2.25. The Hall–Kier alpha value is -1.35. The Labute approximate surface area is 84.0 Å². The highest BCUT2D eigenvalue weighted by Crippen LogP contribution is 2.07. The van der Waals surface area contributed by atoms with Crippen LogP contribution in [0.15, 0.2) is 30.3 Å². The van der Waals surface area contributed by atoms with Gasteiger partial charge in [0, 0.05) is 0 Å². The van der Waals surface area contributed by atoms with E-state index in [0.717, 1.165) is 24.8 Å². The predicted molar refractivity (Wildman–Crippen MR) is 55.9 cm³/mol. The molecular formula is C11H15NO2. The van der Waals surface area contributed by atoms with E-state index < -0.39 is 0 Å². The standard InChI is InChI=1S/C11H15NO2/c1-2-6-11(9-13)14-12-10-7-4-3-5-8-10/h3-5,7-9,11-12H,2,6H2,1H3/t11-/m0/s1. The van der Waals surface area contributed by atoms with Crippen LogP contribution in [-0.4, -0.2) is 12.4 Å². The summed E-state index contributed by atoms with van der Waals surface area (Å²) in [4.78, 5) is 15.8. The Morgan fingerprint density at radius 2 is 2.14 bits per heavy atom. The molecule has 0 aromatic heterocycles. The van der Waals surface area contributed by atoms with Gasteiger partial charge in [-0.2, -0.15) is 0 Å². The first kappa shape index (κ1) is 10.7. The van der Waals surface area contributed by atoms with Crippen LogP contribution in [0.1, 0.15) is 19.8 Å². The van der Waals surface area contributed by atoms with Gasteiger partial charge in [-0.3, -0.25) is 10.3 Å². The highest BCUT2D eigenvalue weighted by molar-refractivity contribution is 5.56. The number of anilines is 1. The van der Waals surface area contributed by atoms with Crippen molar-refractivity contribution in [2.75, 3.05) is 5.48 Å². The number of carbonyl (C=O) groups excluding carboxylic acids is 1. The largest absolute Gasteiger partial charge is 0.300 e. The van der Waals surface area contributed by atoms with Crippen LogP contribution in [0.2, 0.25) is 0 Å². The Morgan fingerprint density at radius 3 is 2.71 bits per heavy atom. The molecule has 3 heteroatoms. The highest BCUT2D eigenvalue weighted by atomic mass is 16.7. The summed E-state index contributed by atoms with van der Waals surface area (Å²) in [7, 11) is 0. The quantitative estimate of drug-likeness (QED) is 0.557. The van der Waals surface area contributed by atoms with E-state index in [-0.39, 0.29) is 6.10 Å². The summed E-state index contributed by atoms with van der Waals surface area (Å²) in [6.45, 7) is 2.02. The third-order valence-corrected chi connectivity index (χ3v) is 1.83. The minimum Gasteiger partial charge on any atom is -0.300 e. The molecule has 0 spiro atoms. The number of para-hydroxylation sites is 1. The number of nitrogens with one attached hydrogen (secondary N) is 1. The van der Waals surface area contributed by atoms with Crippen LogP contribution in [0.25, 0.3) is 0 Å². The fourth-order valence-corrected chi connectivity index (χ4v) is 1.09. The molecule has 0 amide bonds. The Balaban J connectivity index is 2.35. The van der Waals surface area contributed by atoms with Gasteiger partial charge in [0.05, 0.1) is 5.69 Å². The molecule has 0 bridgehead atoms. The maximum absolute atomic E-state index is 10.6. The summed E-state index contributed by atoms with van der Waals surface area (Å²) < 4.78 is 0. The second kappa shape index (κ2) is 6.16. The fraction of sp³-hybridized carbons (Fsp3) is 0.364. The van der Waals surface area contributed by atoms with Gasteiger partial charge in [-0.15, -0.1) is 0 Å². The maximum atomic E-state index is 10.6. The van der Waals surface area contributed by atoms with E-state index in [0.29, 0.717) is 0 Å². The topological polar surface area (TPSA) is 38.3 Å². The zero-order chi connectivity index (χ0) is 10.2. The average molecular weight is 193 g/mol. The van der Waals surface area contributed by atoms with Gasteiger partial charge in [-0.05, 0) is 18.6 Å². The zero-order valence-electron chi connectivity index (χ0n) is 8.27. The molecule has 0 saturated carbocycles. The third-order valence-electron chi connectivity index (χ3n) is 1.83. The van der Waals surface area contributed by atoms with Gasteiger partial charge in [0.15, 0.2) is 6.29 Å². The maximum Gasteiger partial charge on any atom is 0.151 e. The molecule has 0 radical (unpaired) electrons. The molecule has 76 valence electrons. The monoisotopic (exact) mass is 193 g/mol. The molecular weight excluding hydrogens is 178 g/mol. The van der Waals surface area contributed by atoms with Gasteiger partial charge < -0.3 is 4.79 Å². The van der Waals surface area contributed by atoms with E-state index in [4.69, 9.17) is 4.84 Å². The number of carbonyl (C=O) groups is 1. The fourth-order valence-electron chi connectivity index (χ4n) is 1.09. The van der Waals surface area contributed by atoms with Crippen LogP contribution >= 0.6 is 0 Å². The number of hydrogen-bond acceptors (Lipinski definition) is 3. The summed E-state index contributed by atoms with van der Waals surface area (Å²) in [5.74, 6) is 0. The van der Waals surface area contributed by atoms with E-state index >= 15 is 0 Å². The first-order valence-corrected chi connectivity index (χ1v) is 4.78. The molecule has 1 aromatic carbocycles. The molecule has 0 aliphatic rings. The lowest BCUT2D eigenvalue weighted by molar-refractivity contribution is -0.116. The number of aldehydes is 1. The molecule has 14 heavy (non-hydrogen) atoms. The van der Waals surface area contributed by atoms with E-state index in [2.05, 4.69) is 5.48 Å². The van der Waals surface area contributed by atoms with Crippen molar-refractivity contribution < 1.29 is 9.63 Å². The van der Waals surface area contributed by atoms with Gasteiger partial charge in [0.2, 0.25) is 0 Å². The van der Waals surface area contributed by atoms with E-state index in [1.54, 1.807) is 0 Å². The Kier molecular flexibility index (Phi) is 4.72. The van der Waals surface area contributed by atoms with Crippen molar-refractivity contribution in [3.05, 3.63) is 30.3 Å². The molecule has 0 saturated heterocycles. The minimum absolute atomic E-state index is 0.361. The lowest BCUT2D eigenvalue weighted by Crippen LogP contribution is -2.18. The van der Waals surface area contributed by atoms with Crippen molar-refractivity contribution in [1.82, 2.24) is 0 Å². The van der Waals surface area contributed by atoms with Gasteiger partial charge in [-0.25, -0.2) is 0 Å². The van der Waals surface area contributed by atoms with E-state index in [1.165, 1.54) is 0 Å². The first-order valence-electron chi connectivity index (χ1n) is 4.78. The molecule has 0 aliphatic carbocycles. The van der Waals surface area contributed by atoms with Crippen molar-refractivity contribution in [2.24, 2.45) is 0 Å². The van der Waals surface area contributed by atoms with Crippen molar-refractivity contribution in [2.45, 2.75) is 25.9 Å². The van der Waals surface area contributed by atoms with Crippen LogP contribution in [0.3, 0.4) is 0 Å². The molecule has 3 nitrogen and oxygen atoms in total. The molecule has 1 atom stereocenters.